The molecule has 4 nitrogen and oxygen atoms in total. The predicted octanol–water partition coefficient (Wildman–Crippen LogP) is 1.04. The minimum Gasteiger partial charge on any atom is -0.468 e. The molecule has 1 aromatic rings. The maximum absolute atomic E-state index is 12.5. The Hall–Kier alpha value is -1.79. The number of esters is 1. The average Bonchev–Trinajstić information content (AvgIpc) is 2.19. The smallest absolute Gasteiger partial charge is 0.431 e. The maximum Gasteiger partial charge on any atom is 0.431 e. The van der Waals surface area contributed by atoms with Crippen molar-refractivity contribution in [1.29, 1.82) is 0 Å². The van der Waals surface area contributed by atoms with Crippen LogP contribution < -0.4 is 5.56 Å². The van der Waals surface area contributed by atoms with Crippen molar-refractivity contribution in [3.63, 3.8) is 0 Å². The normalized spacial score (nSPS) is 11.2. The number of carbonyl (C=O) groups is 1. The minimum atomic E-state index is -4.69. The van der Waals surface area contributed by atoms with Gasteiger partial charge in [0, 0.05) is 6.07 Å². The van der Waals surface area contributed by atoms with E-state index in [1.54, 1.807) is 0 Å². The van der Waals surface area contributed by atoms with Crippen molar-refractivity contribution in [2.75, 3.05) is 7.11 Å². The molecule has 7 heteroatoms. The Morgan fingerprint density at radius 2 is 2.06 bits per heavy atom. The highest BCUT2D eigenvalue weighted by molar-refractivity contribution is 5.69. The highest BCUT2D eigenvalue weighted by atomic mass is 19.4. The SMILES string of the molecule is COC(=O)Cn1c(C(F)(F)F)cccc1=O. The van der Waals surface area contributed by atoms with Gasteiger partial charge in [-0.3, -0.25) is 14.2 Å². The number of aromatic nitrogens is 1. The first-order chi connectivity index (χ1) is 7.36. The first-order valence-electron chi connectivity index (χ1n) is 4.20. The van der Waals surface area contributed by atoms with Crippen LogP contribution in [0.1, 0.15) is 5.69 Å². The van der Waals surface area contributed by atoms with Crippen LogP contribution in [0, 0.1) is 0 Å². The molecule has 0 unspecified atom stereocenters. The Kier molecular flexibility index (Phi) is 3.36. The van der Waals surface area contributed by atoms with E-state index in [0.29, 0.717) is 4.57 Å². The van der Waals surface area contributed by atoms with Crippen LogP contribution in [0.25, 0.3) is 0 Å². The third-order valence-corrected chi connectivity index (χ3v) is 1.86. The van der Waals surface area contributed by atoms with Gasteiger partial charge in [0.2, 0.25) is 0 Å². The standard InChI is InChI=1S/C9H8F3NO3/c1-16-8(15)5-13-6(9(10,11)12)3-2-4-7(13)14/h2-4H,5H2,1H3. The summed E-state index contributed by atoms with van der Waals surface area (Å²) in [6, 6.07) is 2.65. The number of hydrogen-bond acceptors (Lipinski definition) is 3. The van der Waals surface area contributed by atoms with Gasteiger partial charge in [0.1, 0.15) is 12.2 Å². The number of nitrogens with zero attached hydrogens (tertiary/aromatic N) is 1. The molecule has 0 bridgehead atoms. The monoisotopic (exact) mass is 235 g/mol. The fourth-order valence-electron chi connectivity index (χ4n) is 1.12. The number of hydrogen-bond donors (Lipinski definition) is 0. The fraction of sp³-hybridized carbons (Fsp3) is 0.333. The number of halogens is 3. The largest absolute Gasteiger partial charge is 0.468 e. The van der Waals surface area contributed by atoms with Crippen molar-refractivity contribution in [2.45, 2.75) is 12.7 Å². The van der Waals surface area contributed by atoms with Crippen LogP contribution in [-0.4, -0.2) is 17.6 Å². The fourth-order valence-corrected chi connectivity index (χ4v) is 1.12. The third-order valence-electron chi connectivity index (χ3n) is 1.86. The van der Waals surface area contributed by atoms with Gasteiger partial charge in [0.25, 0.3) is 5.56 Å². The second-order valence-corrected chi connectivity index (χ2v) is 2.91. The van der Waals surface area contributed by atoms with E-state index in [4.69, 9.17) is 0 Å². The van der Waals surface area contributed by atoms with Crippen molar-refractivity contribution in [1.82, 2.24) is 4.57 Å². The Balaban J connectivity index is 3.25. The van der Waals surface area contributed by atoms with E-state index in [1.165, 1.54) is 0 Å². The van der Waals surface area contributed by atoms with Gasteiger partial charge >= 0.3 is 12.1 Å². The van der Waals surface area contributed by atoms with Crippen molar-refractivity contribution < 1.29 is 22.7 Å². The first kappa shape index (κ1) is 12.3. The van der Waals surface area contributed by atoms with Gasteiger partial charge in [-0.2, -0.15) is 13.2 Å². The summed E-state index contributed by atoms with van der Waals surface area (Å²) >= 11 is 0. The summed E-state index contributed by atoms with van der Waals surface area (Å²) in [7, 11) is 1.03. The molecular weight excluding hydrogens is 227 g/mol. The highest BCUT2D eigenvalue weighted by Gasteiger charge is 2.34. The number of ether oxygens (including phenoxy) is 1. The Labute approximate surface area is 88.3 Å². The molecule has 0 aromatic carbocycles. The van der Waals surface area contributed by atoms with Gasteiger partial charge in [0.05, 0.1) is 7.11 Å². The lowest BCUT2D eigenvalue weighted by atomic mass is 10.3. The second kappa shape index (κ2) is 4.38. The molecule has 1 rings (SSSR count). The number of methoxy groups -OCH3 is 1. The quantitative estimate of drug-likeness (QED) is 0.719. The first-order valence-corrected chi connectivity index (χ1v) is 4.20. The summed E-state index contributed by atoms with van der Waals surface area (Å²) in [4.78, 5) is 22.1. The van der Waals surface area contributed by atoms with E-state index < -0.39 is 29.9 Å². The lowest BCUT2D eigenvalue weighted by Gasteiger charge is -2.13. The molecule has 0 spiro atoms. The van der Waals surface area contributed by atoms with Crippen molar-refractivity contribution in [2.24, 2.45) is 0 Å². The molecule has 0 radical (unpaired) electrons. The molecule has 16 heavy (non-hydrogen) atoms. The van der Waals surface area contributed by atoms with Gasteiger partial charge < -0.3 is 4.74 Å². The van der Waals surface area contributed by atoms with Crippen LogP contribution >= 0.6 is 0 Å². The summed E-state index contributed by atoms with van der Waals surface area (Å²) in [5.74, 6) is -0.918. The van der Waals surface area contributed by atoms with Gasteiger partial charge in [-0.25, -0.2) is 0 Å². The Morgan fingerprint density at radius 1 is 1.44 bits per heavy atom. The summed E-state index contributed by atoms with van der Waals surface area (Å²) in [6.07, 6.45) is -4.69. The van der Waals surface area contributed by atoms with E-state index in [1.807, 2.05) is 0 Å². The molecule has 0 N–H and O–H groups in total. The topological polar surface area (TPSA) is 48.3 Å². The van der Waals surface area contributed by atoms with E-state index in [2.05, 4.69) is 4.74 Å². The zero-order valence-corrected chi connectivity index (χ0v) is 8.25. The van der Waals surface area contributed by atoms with Gasteiger partial charge in [-0.15, -0.1) is 0 Å². The lowest BCUT2D eigenvalue weighted by molar-refractivity contribution is -0.148. The van der Waals surface area contributed by atoms with Gasteiger partial charge in [-0.05, 0) is 6.07 Å². The molecule has 1 heterocycles. The van der Waals surface area contributed by atoms with Crippen LogP contribution in [0.5, 0.6) is 0 Å². The number of rotatable bonds is 2. The number of carbonyl (C=O) groups excluding carboxylic acids is 1. The van der Waals surface area contributed by atoms with E-state index in [-0.39, 0.29) is 0 Å². The molecule has 0 aliphatic rings. The maximum atomic E-state index is 12.5. The zero-order chi connectivity index (χ0) is 12.3. The Morgan fingerprint density at radius 3 is 2.56 bits per heavy atom. The summed E-state index contributed by atoms with van der Waals surface area (Å²) in [6.45, 7) is -0.759. The van der Waals surface area contributed by atoms with E-state index >= 15 is 0 Å². The minimum absolute atomic E-state index is 0.325. The van der Waals surface area contributed by atoms with Crippen molar-refractivity contribution >= 4 is 5.97 Å². The van der Waals surface area contributed by atoms with Crippen LogP contribution in [0.4, 0.5) is 13.2 Å². The van der Waals surface area contributed by atoms with Crippen LogP contribution in [0.3, 0.4) is 0 Å². The van der Waals surface area contributed by atoms with Crippen LogP contribution in [0.2, 0.25) is 0 Å². The molecule has 0 aliphatic carbocycles. The predicted molar refractivity (Wildman–Crippen MR) is 47.7 cm³/mol. The summed E-state index contributed by atoms with van der Waals surface area (Å²) < 4.78 is 41.9. The van der Waals surface area contributed by atoms with Crippen LogP contribution in [-0.2, 0) is 22.3 Å². The number of pyridine rings is 1. The second-order valence-electron chi connectivity index (χ2n) is 2.91. The lowest BCUT2D eigenvalue weighted by Crippen LogP contribution is -2.30. The zero-order valence-electron chi connectivity index (χ0n) is 8.25. The third kappa shape index (κ3) is 2.62. The summed E-state index contributed by atoms with van der Waals surface area (Å²) in [5.41, 5.74) is -2.08. The molecule has 1 aromatic heterocycles. The van der Waals surface area contributed by atoms with Crippen molar-refractivity contribution in [3.8, 4) is 0 Å². The van der Waals surface area contributed by atoms with E-state index in [9.17, 15) is 22.8 Å². The van der Waals surface area contributed by atoms with E-state index in [0.717, 1.165) is 25.3 Å². The summed E-state index contributed by atoms with van der Waals surface area (Å²) in [5, 5.41) is 0. The molecule has 0 fully saturated rings. The van der Waals surface area contributed by atoms with Gasteiger partial charge in [0.15, 0.2) is 0 Å². The molecule has 0 saturated heterocycles. The molecular formula is C9H8F3NO3. The molecule has 0 amide bonds. The highest BCUT2D eigenvalue weighted by Crippen LogP contribution is 2.27. The molecule has 0 aliphatic heterocycles. The number of alkyl halides is 3. The van der Waals surface area contributed by atoms with Gasteiger partial charge in [-0.1, -0.05) is 6.07 Å². The van der Waals surface area contributed by atoms with Crippen molar-refractivity contribution in [3.05, 3.63) is 34.2 Å². The van der Waals surface area contributed by atoms with Crippen LogP contribution in [0.15, 0.2) is 23.0 Å². The molecule has 0 atom stereocenters. The Bertz CT molecular complexity index is 450. The molecule has 88 valence electrons. The average molecular weight is 235 g/mol. The molecule has 0 saturated carbocycles.